The molecular formula is C15H24N4O8. The highest BCUT2D eigenvalue weighted by Crippen LogP contribution is 2.25. The molecule has 0 spiro atoms. The van der Waals surface area contributed by atoms with Gasteiger partial charge in [-0.15, -0.1) is 0 Å². The first-order chi connectivity index (χ1) is 12.5. The van der Waals surface area contributed by atoms with Crippen LogP contribution in [0.5, 0.6) is 0 Å². The van der Waals surface area contributed by atoms with Gasteiger partial charge in [0.2, 0.25) is 5.76 Å². The zero-order chi connectivity index (χ0) is 20.8. The molecule has 0 bridgehead atoms. The van der Waals surface area contributed by atoms with Gasteiger partial charge in [-0.2, -0.15) is 0 Å². The normalized spacial score (nSPS) is 24.4. The molecule has 0 radical (unpaired) electrons. The number of ether oxygens (including phenoxy) is 3. The molecule has 152 valence electrons. The Morgan fingerprint density at radius 1 is 1.44 bits per heavy atom. The smallest absolute Gasteiger partial charge is 0.408 e. The van der Waals surface area contributed by atoms with Crippen molar-refractivity contribution >= 4 is 12.1 Å². The van der Waals surface area contributed by atoms with Crippen molar-refractivity contribution in [1.29, 1.82) is 0 Å². The molecule has 0 saturated heterocycles. The molecule has 12 heteroatoms. The highest BCUT2D eigenvalue weighted by Gasteiger charge is 2.44. The molecule has 0 aromatic heterocycles. The van der Waals surface area contributed by atoms with Gasteiger partial charge < -0.3 is 34.8 Å². The van der Waals surface area contributed by atoms with E-state index in [4.69, 9.17) is 20.1 Å². The maximum atomic E-state index is 12.1. The molecule has 0 aliphatic carbocycles. The first kappa shape index (κ1) is 22.5. The van der Waals surface area contributed by atoms with Gasteiger partial charge in [0, 0.05) is 4.91 Å². The molecule has 0 aromatic rings. The lowest BCUT2D eigenvalue weighted by Gasteiger charge is -2.38. The van der Waals surface area contributed by atoms with E-state index in [9.17, 15) is 19.8 Å². The topological polar surface area (TPSA) is 183 Å². The van der Waals surface area contributed by atoms with Crippen LogP contribution in [0, 0.1) is 0 Å². The Labute approximate surface area is 155 Å². The lowest BCUT2D eigenvalue weighted by atomic mass is 9.92. The van der Waals surface area contributed by atoms with Crippen molar-refractivity contribution in [3.8, 4) is 0 Å². The van der Waals surface area contributed by atoms with Crippen LogP contribution in [0.3, 0.4) is 0 Å². The Kier molecular flexibility index (Phi) is 7.85. The van der Waals surface area contributed by atoms with Gasteiger partial charge in [0.1, 0.15) is 23.9 Å². The maximum Gasteiger partial charge on any atom is 0.408 e. The van der Waals surface area contributed by atoms with Crippen molar-refractivity contribution in [2.75, 3.05) is 13.7 Å². The molecule has 0 unspecified atom stereocenters. The minimum atomic E-state index is -1.74. The van der Waals surface area contributed by atoms with Crippen LogP contribution in [-0.4, -0.2) is 77.1 Å². The number of methoxy groups -OCH3 is 1. The van der Waals surface area contributed by atoms with Crippen LogP contribution in [0.15, 0.2) is 16.9 Å². The first-order valence-electron chi connectivity index (χ1n) is 8.01. The minimum absolute atomic E-state index is 0.383. The summed E-state index contributed by atoms with van der Waals surface area (Å²) in [4.78, 5) is 26.6. The lowest BCUT2D eigenvalue weighted by Crippen LogP contribution is -2.60. The first-order valence-corrected chi connectivity index (χ1v) is 8.01. The molecular weight excluding hydrogens is 364 g/mol. The lowest BCUT2D eigenvalue weighted by molar-refractivity contribution is -0.148. The number of aliphatic hydroxyl groups excluding tert-OH is 3. The van der Waals surface area contributed by atoms with Gasteiger partial charge in [-0.25, -0.2) is 9.59 Å². The van der Waals surface area contributed by atoms with Crippen LogP contribution in [0.2, 0.25) is 0 Å². The van der Waals surface area contributed by atoms with Gasteiger partial charge in [0.15, 0.2) is 0 Å². The monoisotopic (exact) mass is 388 g/mol. The number of carbonyl (C=O) groups is 2. The SMILES string of the molecule is COC(=O)C1=C[C@H](N=[N+]=[N-])[C@@H](NC(=O)OC(C)(C)C)[C@H]([C@@H](O)[C@H](O)CO)O1. The molecule has 27 heavy (non-hydrogen) atoms. The number of nitrogens with one attached hydrogen (secondary N) is 1. The van der Waals surface area contributed by atoms with Crippen molar-refractivity contribution in [2.24, 2.45) is 5.11 Å². The summed E-state index contributed by atoms with van der Waals surface area (Å²) in [6.07, 6.45) is -4.63. The van der Waals surface area contributed by atoms with Crippen molar-refractivity contribution in [2.45, 2.75) is 56.8 Å². The van der Waals surface area contributed by atoms with E-state index in [0.29, 0.717) is 0 Å². The third kappa shape index (κ3) is 6.29. The molecule has 0 saturated carbocycles. The minimum Gasteiger partial charge on any atom is -0.478 e. The van der Waals surface area contributed by atoms with E-state index in [0.717, 1.165) is 13.2 Å². The number of esters is 1. The van der Waals surface area contributed by atoms with Gasteiger partial charge in [0.25, 0.3) is 0 Å². The number of hydrogen-bond acceptors (Lipinski definition) is 9. The second-order valence-corrected chi connectivity index (χ2v) is 6.71. The number of azide groups is 1. The number of nitrogens with zero attached hydrogens (tertiary/aromatic N) is 3. The Bertz CT molecular complexity index is 626. The van der Waals surface area contributed by atoms with Crippen LogP contribution >= 0.6 is 0 Å². The summed E-state index contributed by atoms with van der Waals surface area (Å²) < 4.78 is 15.0. The predicted molar refractivity (Wildman–Crippen MR) is 90.2 cm³/mol. The second kappa shape index (κ2) is 9.42. The average Bonchev–Trinajstić information content (AvgIpc) is 2.59. The number of carbonyl (C=O) groups excluding carboxylic acids is 2. The summed E-state index contributed by atoms with van der Waals surface area (Å²) in [6, 6.07) is -2.38. The van der Waals surface area contributed by atoms with Gasteiger partial charge >= 0.3 is 12.1 Å². The number of hydrogen-bond donors (Lipinski definition) is 4. The van der Waals surface area contributed by atoms with Gasteiger partial charge in [-0.1, -0.05) is 5.11 Å². The Morgan fingerprint density at radius 2 is 2.07 bits per heavy atom. The van der Waals surface area contributed by atoms with E-state index >= 15 is 0 Å². The van der Waals surface area contributed by atoms with E-state index < -0.39 is 54.7 Å². The maximum absolute atomic E-state index is 12.1. The molecule has 4 N–H and O–H groups in total. The summed E-state index contributed by atoms with van der Waals surface area (Å²) in [6.45, 7) is 4.08. The number of amides is 1. The molecule has 1 heterocycles. The Hall–Kier alpha value is -2.53. The molecule has 1 aliphatic rings. The molecule has 12 nitrogen and oxygen atoms in total. The quantitative estimate of drug-likeness (QED) is 0.207. The van der Waals surface area contributed by atoms with Crippen LogP contribution < -0.4 is 5.32 Å². The number of alkyl carbamates (subject to hydrolysis) is 1. The van der Waals surface area contributed by atoms with Crippen LogP contribution in [0.25, 0.3) is 10.4 Å². The number of aliphatic hydroxyl groups is 3. The molecule has 0 fully saturated rings. The van der Waals surface area contributed by atoms with Crippen molar-refractivity contribution in [1.82, 2.24) is 5.32 Å². The molecule has 5 atom stereocenters. The average molecular weight is 388 g/mol. The summed E-state index contributed by atoms with van der Waals surface area (Å²) >= 11 is 0. The molecule has 0 aromatic carbocycles. The largest absolute Gasteiger partial charge is 0.478 e. The van der Waals surface area contributed by atoms with Crippen LogP contribution in [0.1, 0.15) is 20.8 Å². The highest BCUT2D eigenvalue weighted by molar-refractivity contribution is 5.86. The van der Waals surface area contributed by atoms with E-state index in [1.807, 2.05) is 0 Å². The highest BCUT2D eigenvalue weighted by atomic mass is 16.6. The summed E-state index contributed by atoms with van der Waals surface area (Å²) in [7, 11) is 1.09. The molecule has 1 rings (SSSR count). The number of rotatable bonds is 6. The van der Waals surface area contributed by atoms with Gasteiger partial charge in [-0.3, -0.25) is 0 Å². The fourth-order valence-electron chi connectivity index (χ4n) is 2.31. The van der Waals surface area contributed by atoms with E-state index in [1.165, 1.54) is 0 Å². The van der Waals surface area contributed by atoms with E-state index in [-0.39, 0.29) is 5.76 Å². The zero-order valence-electron chi connectivity index (χ0n) is 15.4. The van der Waals surface area contributed by atoms with Gasteiger partial charge in [-0.05, 0) is 32.4 Å². The standard InChI is InChI=1S/C15H24N4O8/c1-15(2,3)27-14(24)17-10-7(18-19-16)5-9(13(23)25-4)26-12(10)11(22)8(21)6-20/h5,7-8,10-12,20-22H,6H2,1-4H3,(H,17,24)/t7-,8+,10+,11-,12+/m0/s1. The molecule has 1 aliphatic heterocycles. The Balaban J connectivity index is 3.26. The molecule has 1 amide bonds. The Morgan fingerprint density at radius 3 is 2.56 bits per heavy atom. The van der Waals surface area contributed by atoms with Crippen molar-refractivity contribution in [3.63, 3.8) is 0 Å². The van der Waals surface area contributed by atoms with Crippen LogP contribution in [0.4, 0.5) is 4.79 Å². The van der Waals surface area contributed by atoms with Crippen molar-refractivity contribution in [3.05, 3.63) is 22.3 Å². The fraction of sp³-hybridized carbons (Fsp3) is 0.733. The third-order valence-electron chi connectivity index (χ3n) is 3.48. The third-order valence-corrected chi connectivity index (χ3v) is 3.48. The summed E-state index contributed by atoms with van der Waals surface area (Å²) in [5.41, 5.74) is 7.96. The second-order valence-electron chi connectivity index (χ2n) is 6.71. The van der Waals surface area contributed by atoms with E-state index in [1.54, 1.807) is 20.8 Å². The van der Waals surface area contributed by atoms with Crippen LogP contribution in [-0.2, 0) is 19.0 Å². The van der Waals surface area contributed by atoms with Crippen molar-refractivity contribution < 1.29 is 39.1 Å². The summed E-state index contributed by atoms with van der Waals surface area (Å²) in [5, 5.41) is 35.0. The zero-order valence-corrected chi connectivity index (χ0v) is 15.4. The van der Waals surface area contributed by atoms with Gasteiger partial charge in [0.05, 0.1) is 25.8 Å². The predicted octanol–water partition coefficient (Wildman–Crippen LogP) is -0.272. The fourth-order valence-corrected chi connectivity index (χ4v) is 2.31. The summed E-state index contributed by atoms with van der Waals surface area (Å²) in [5.74, 6) is -1.30. The van der Waals surface area contributed by atoms with E-state index in [2.05, 4.69) is 20.1 Å².